The van der Waals surface area contributed by atoms with E-state index in [1.165, 1.54) is 6.08 Å². The van der Waals surface area contributed by atoms with Crippen molar-refractivity contribution in [3.63, 3.8) is 0 Å². The molecule has 0 spiro atoms. The topological polar surface area (TPSA) is 58.6 Å². The highest BCUT2D eigenvalue weighted by Crippen LogP contribution is 2.13. The van der Waals surface area contributed by atoms with Crippen molar-refractivity contribution >= 4 is 17.9 Å². The molecule has 22 heavy (non-hydrogen) atoms. The second-order valence-corrected chi connectivity index (χ2v) is 5.24. The first-order chi connectivity index (χ1) is 10.7. The minimum absolute atomic E-state index is 0.129. The number of hydrogen-bond donors (Lipinski definition) is 1. The fraction of sp³-hybridized carbons (Fsp3) is 0.412. The Kier molecular flexibility index (Phi) is 6.01. The van der Waals surface area contributed by atoms with Gasteiger partial charge in [-0.05, 0) is 36.6 Å². The summed E-state index contributed by atoms with van der Waals surface area (Å²) in [4.78, 5) is 25.0. The second kappa shape index (κ2) is 8.22. The molecule has 5 heteroatoms. The zero-order chi connectivity index (χ0) is 15.8. The quantitative estimate of drug-likeness (QED) is 0.617. The average molecular weight is 302 g/mol. The number of carbonyl (C=O) groups excluding carboxylic acids is 2. The molecule has 1 aromatic carbocycles. The van der Waals surface area contributed by atoms with Crippen molar-refractivity contribution in [2.75, 3.05) is 26.7 Å². The predicted octanol–water partition coefficient (Wildman–Crippen LogP) is 1.84. The summed E-state index contributed by atoms with van der Waals surface area (Å²) >= 11 is 0. The summed E-state index contributed by atoms with van der Waals surface area (Å²) in [6.45, 7) is 2.15. The number of hydrogen-bond acceptors (Lipinski definition) is 3. The lowest BCUT2D eigenvalue weighted by Crippen LogP contribution is -2.29. The summed E-state index contributed by atoms with van der Waals surface area (Å²) < 4.78 is 5.13. The zero-order valence-corrected chi connectivity index (χ0v) is 12.9. The van der Waals surface area contributed by atoms with E-state index < -0.39 is 0 Å². The molecule has 1 N–H and O–H groups in total. The Morgan fingerprint density at radius 1 is 1.45 bits per heavy atom. The van der Waals surface area contributed by atoms with Crippen LogP contribution in [0.1, 0.15) is 24.8 Å². The van der Waals surface area contributed by atoms with Crippen LogP contribution in [0.25, 0.3) is 6.08 Å². The maximum atomic E-state index is 11.7. The normalized spacial score (nSPS) is 14.6. The monoisotopic (exact) mass is 302 g/mol. The Morgan fingerprint density at radius 2 is 2.32 bits per heavy atom. The lowest BCUT2D eigenvalue weighted by Gasteiger charge is -2.14. The van der Waals surface area contributed by atoms with Crippen LogP contribution in [0.15, 0.2) is 30.3 Å². The molecule has 1 aromatic rings. The van der Waals surface area contributed by atoms with Gasteiger partial charge in [-0.15, -0.1) is 0 Å². The number of carbonyl (C=O) groups is 2. The molecule has 1 aliphatic heterocycles. The maximum Gasteiger partial charge on any atom is 0.244 e. The van der Waals surface area contributed by atoms with Gasteiger partial charge in [0.15, 0.2) is 0 Å². The van der Waals surface area contributed by atoms with Crippen LogP contribution >= 0.6 is 0 Å². The average Bonchev–Trinajstić information content (AvgIpc) is 2.95. The van der Waals surface area contributed by atoms with Gasteiger partial charge in [-0.25, -0.2) is 0 Å². The van der Waals surface area contributed by atoms with Gasteiger partial charge in [-0.1, -0.05) is 12.1 Å². The molecule has 1 saturated heterocycles. The van der Waals surface area contributed by atoms with Crippen molar-refractivity contribution in [3.8, 4) is 5.75 Å². The third-order valence-electron chi connectivity index (χ3n) is 3.60. The Morgan fingerprint density at radius 3 is 3.05 bits per heavy atom. The van der Waals surface area contributed by atoms with Gasteiger partial charge in [0.25, 0.3) is 0 Å². The summed E-state index contributed by atoms with van der Waals surface area (Å²) in [6, 6.07) is 7.51. The van der Waals surface area contributed by atoms with Crippen LogP contribution in [0.5, 0.6) is 5.75 Å². The van der Waals surface area contributed by atoms with E-state index >= 15 is 0 Å². The predicted molar refractivity (Wildman–Crippen MR) is 85.5 cm³/mol. The number of amides is 2. The van der Waals surface area contributed by atoms with Crippen molar-refractivity contribution in [3.05, 3.63) is 35.9 Å². The summed E-state index contributed by atoms with van der Waals surface area (Å²) in [7, 11) is 1.61. The fourth-order valence-electron chi connectivity index (χ4n) is 2.40. The molecule has 0 unspecified atom stereocenters. The number of methoxy groups -OCH3 is 1. The molecule has 0 aliphatic carbocycles. The van der Waals surface area contributed by atoms with Crippen molar-refractivity contribution in [1.82, 2.24) is 10.2 Å². The first-order valence-electron chi connectivity index (χ1n) is 7.57. The van der Waals surface area contributed by atoms with Gasteiger partial charge >= 0.3 is 0 Å². The minimum Gasteiger partial charge on any atom is -0.497 e. The molecule has 118 valence electrons. The Bertz CT molecular complexity index is 555. The molecule has 0 radical (unpaired) electrons. The fourth-order valence-corrected chi connectivity index (χ4v) is 2.40. The van der Waals surface area contributed by atoms with Gasteiger partial charge in [0, 0.05) is 32.1 Å². The molecule has 2 rings (SSSR count). The van der Waals surface area contributed by atoms with E-state index in [1.807, 2.05) is 29.2 Å². The lowest BCUT2D eigenvalue weighted by atomic mass is 10.2. The second-order valence-electron chi connectivity index (χ2n) is 5.24. The van der Waals surface area contributed by atoms with E-state index in [2.05, 4.69) is 5.32 Å². The van der Waals surface area contributed by atoms with Crippen LogP contribution in [0, 0.1) is 0 Å². The lowest BCUT2D eigenvalue weighted by molar-refractivity contribution is -0.127. The first-order valence-corrected chi connectivity index (χ1v) is 7.57. The van der Waals surface area contributed by atoms with E-state index in [0.717, 1.165) is 37.2 Å². The van der Waals surface area contributed by atoms with Crippen LogP contribution in [-0.4, -0.2) is 43.5 Å². The molecule has 1 heterocycles. The standard InChI is InChI=1S/C17H22N2O3/c1-22-15-6-2-5-14(13-15)8-9-16(20)18-10-4-12-19-11-3-7-17(19)21/h2,5-6,8-9,13H,3-4,7,10-12H2,1H3,(H,18,20)/b9-8+. The molecule has 1 aliphatic rings. The summed E-state index contributed by atoms with van der Waals surface area (Å²) in [5.41, 5.74) is 0.914. The van der Waals surface area contributed by atoms with E-state index in [9.17, 15) is 9.59 Å². The molecule has 0 atom stereocenters. The van der Waals surface area contributed by atoms with Crippen LogP contribution in [0.3, 0.4) is 0 Å². The van der Waals surface area contributed by atoms with Crippen molar-refractivity contribution in [2.45, 2.75) is 19.3 Å². The van der Waals surface area contributed by atoms with E-state index in [-0.39, 0.29) is 11.8 Å². The van der Waals surface area contributed by atoms with Gasteiger partial charge in [0.05, 0.1) is 7.11 Å². The Balaban J connectivity index is 1.68. The number of benzene rings is 1. The molecule has 0 saturated carbocycles. The van der Waals surface area contributed by atoms with E-state index in [0.29, 0.717) is 13.0 Å². The third kappa shape index (κ3) is 4.91. The molecule has 0 aromatic heterocycles. The molecule has 2 amide bonds. The van der Waals surface area contributed by atoms with Crippen molar-refractivity contribution in [2.24, 2.45) is 0 Å². The summed E-state index contributed by atoms with van der Waals surface area (Å²) in [5, 5.41) is 2.83. The summed E-state index contributed by atoms with van der Waals surface area (Å²) in [5.74, 6) is 0.859. The Hall–Kier alpha value is -2.30. The number of nitrogens with one attached hydrogen (secondary N) is 1. The van der Waals surface area contributed by atoms with Crippen molar-refractivity contribution in [1.29, 1.82) is 0 Å². The van der Waals surface area contributed by atoms with Crippen LogP contribution < -0.4 is 10.1 Å². The highest BCUT2D eigenvalue weighted by atomic mass is 16.5. The smallest absolute Gasteiger partial charge is 0.244 e. The number of likely N-dealkylation sites (tertiary alicyclic amines) is 1. The highest BCUT2D eigenvalue weighted by Gasteiger charge is 2.18. The van der Waals surface area contributed by atoms with Gasteiger partial charge in [-0.2, -0.15) is 0 Å². The molecular formula is C17H22N2O3. The zero-order valence-electron chi connectivity index (χ0n) is 12.9. The highest BCUT2D eigenvalue weighted by molar-refractivity contribution is 5.91. The molecule has 0 bridgehead atoms. The largest absolute Gasteiger partial charge is 0.497 e. The third-order valence-corrected chi connectivity index (χ3v) is 3.60. The van der Waals surface area contributed by atoms with Gasteiger partial charge in [-0.3, -0.25) is 9.59 Å². The van der Waals surface area contributed by atoms with Gasteiger partial charge in [0.2, 0.25) is 11.8 Å². The maximum absolute atomic E-state index is 11.7. The van der Waals surface area contributed by atoms with Crippen LogP contribution in [0.2, 0.25) is 0 Å². The van der Waals surface area contributed by atoms with Gasteiger partial charge < -0.3 is 15.0 Å². The Labute approximate surface area is 130 Å². The molecule has 1 fully saturated rings. The number of rotatable bonds is 7. The number of nitrogens with zero attached hydrogens (tertiary/aromatic N) is 1. The minimum atomic E-state index is -0.129. The van der Waals surface area contributed by atoms with Crippen molar-refractivity contribution < 1.29 is 14.3 Å². The number of ether oxygens (including phenoxy) is 1. The SMILES string of the molecule is COc1cccc(/C=C/C(=O)NCCCN2CCCC2=O)c1. The van der Waals surface area contributed by atoms with Gasteiger partial charge in [0.1, 0.15) is 5.75 Å². The van der Waals surface area contributed by atoms with E-state index in [1.54, 1.807) is 13.2 Å². The summed E-state index contributed by atoms with van der Waals surface area (Å²) in [6.07, 6.45) is 5.66. The van der Waals surface area contributed by atoms with E-state index in [4.69, 9.17) is 4.74 Å². The van der Waals surface area contributed by atoms with Crippen LogP contribution in [0.4, 0.5) is 0 Å². The first kappa shape index (κ1) is 16.1. The molecular weight excluding hydrogens is 280 g/mol. The molecule has 5 nitrogen and oxygen atoms in total. The van der Waals surface area contributed by atoms with Crippen LogP contribution in [-0.2, 0) is 9.59 Å².